The highest BCUT2D eigenvalue weighted by atomic mass is 16.8. The van der Waals surface area contributed by atoms with Crippen LogP contribution >= 0.6 is 0 Å². The maximum Gasteiger partial charge on any atom is 0.355 e. The quantitative estimate of drug-likeness (QED) is 0.0998. The van der Waals surface area contributed by atoms with Crippen LogP contribution in [0.25, 0.3) is 6.08 Å². The fourth-order valence-corrected chi connectivity index (χ4v) is 9.97. The molecular formula is C44H50N4O12. The summed E-state index contributed by atoms with van der Waals surface area (Å²) in [4.78, 5) is 38.1. The maximum atomic E-state index is 14.6. The van der Waals surface area contributed by atoms with E-state index in [9.17, 15) is 50.4 Å². The zero-order valence-electron chi connectivity index (χ0n) is 33.0. The third kappa shape index (κ3) is 7.20. The zero-order chi connectivity index (χ0) is 42.5. The summed E-state index contributed by atoms with van der Waals surface area (Å²) in [5.74, 6) is -6.92. The van der Waals surface area contributed by atoms with E-state index in [0.717, 1.165) is 53.3 Å². The molecule has 318 valence electrons. The maximum absolute atomic E-state index is 14.6. The highest BCUT2D eigenvalue weighted by Gasteiger charge is 2.57. The number of carbonyl (C=O) groups excluding carboxylic acids is 1. The number of carbonyl (C=O) groups is 2. The third-order valence-corrected chi connectivity index (χ3v) is 13.0. The van der Waals surface area contributed by atoms with Gasteiger partial charge in [-0.05, 0) is 78.6 Å². The van der Waals surface area contributed by atoms with Gasteiger partial charge in [0.05, 0.1) is 23.7 Å². The predicted octanol–water partition coefficient (Wildman–Crippen LogP) is 2.94. The number of ether oxygens (including phenoxy) is 2. The van der Waals surface area contributed by atoms with E-state index in [1.54, 1.807) is 12.1 Å². The van der Waals surface area contributed by atoms with Crippen molar-refractivity contribution in [2.24, 2.45) is 15.9 Å². The van der Waals surface area contributed by atoms with Crippen LogP contribution in [-0.2, 0) is 26.2 Å². The molecule has 16 nitrogen and oxygen atoms in total. The largest absolute Gasteiger partial charge is 0.508 e. The Labute approximate surface area is 345 Å². The molecule has 0 unspecified atom stereocenters. The van der Waals surface area contributed by atoms with Gasteiger partial charge in [0.1, 0.15) is 36.8 Å². The van der Waals surface area contributed by atoms with Crippen molar-refractivity contribution in [3.05, 3.63) is 82.9 Å². The molecule has 60 heavy (non-hydrogen) atoms. The van der Waals surface area contributed by atoms with Gasteiger partial charge in [-0.3, -0.25) is 19.7 Å². The molecule has 9 atom stereocenters. The molecule has 4 heterocycles. The monoisotopic (exact) mass is 826 g/mol. The molecule has 2 fully saturated rings. The summed E-state index contributed by atoms with van der Waals surface area (Å²) in [5, 5.41) is 89.4. The van der Waals surface area contributed by atoms with Crippen LogP contribution < -0.4 is 15.0 Å². The fourth-order valence-electron chi connectivity index (χ4n) is 9.97. The van der Waals surface area contributed by atoms with Crippen LogP contribution in [0.3, 0.4) is 0 Å². The summed E-state index contributed by atoms with van der Waals surface area (Å²) >= 11 is 0. The number of hydrogen-bond donors (Lipinski definition) is 9. The number of nitrogens with zero attached hydrogens (tertiary/aromatic N) is 3. The van der Waals surface area contributed by atoms with Gasteiger partial charge in [0.15, 0.2) is 17.6 Å². The number of aliphatic hydroxyl groups excluding tert-OH is 4. The number of carboxylic acids is 1. The average Bonchev–Trinajstić information content (AvgIpc) is 3.83. The van der Waals surface area contributed by atoms with Crippen LogP contribution in [0.2, 0.25) is 0 Å². The first-order valence-corrected chi connectivity index (χ1v) is 20.4. The van der Waals surface area contributed by atoms with Gasteiger partial charge in [0, 0.05) is 47.7 Å². The van der Waals surface area contributed by atoms with E-state index >= 15 is 0 Å². The number of carboxylic acid groups (broad SMARTS) is 1. The van der Waals surface area contributed by atoms with Crippen molar-refractivity contribution in [1.82, 2.24) is 0 Å². The zero-order valence-corrected chi connectivity index (χ0v) is 33.0. The smallest absolute Gasteiger partial charge is 0.355 e. The average molecular weight is 827 g/mol. The van der Waals surface area contributed by atoms with Crippen LogP contribution in [0.1, 0.15) is 73.6 Å². The number of fused-ring (bicyclic) bond motifs is 4. The van der Waals surface area contributed by atoms with Crippen LogP contribution in [0.4, 0.5) is 11.4 Å². The number of nitrogens with one attached hydrogen (secondary N) is 1. The van der Waals surface area contributed by atoms with Crippen molar-refractivity contribution in [2.75, 3.05) is 30.0 Å². The second kappa shape index (κ2) is 16.2. The number of phenolic OH excluding ortho intramolecular Hbond substituents is 2. The van der Waals surface area contributed by atoms with E-state index in [0.29, 0.717) is 49.2 Å². The van der Waals surface area contributed by atoms with E-state index in [1.165, 1.54) is 30.4 Å². The fraction of sp³-hybridized carbons (Fsp3) is 0.455. The standard InChI is InChI=1S/C44H50N4O12/c1-2-29-31(47-22-46-29)16-24-15-23(10-12-33(24)50)11-13-37(52)48-32-18-35(59-44(58)41(55)40(54)39(53)36(21-49)60-44)34(51)17-26(32)27(38(48)42(56)57)19-43-14-6-5-7-25(43)20-45-30-9-4-3-8-28(30)43/h3-4,8-13,15,17-18,25,27,36,38-41,45,49-51,53-55,58H,2,5-7,14,16,19-22H2,1H3,(H,56,57)/b13-11+/t25-,27+,36+,38+,39+,40-,41+,43+,44-/m0/s1. The van der Waals surface area contributed by atoms with Crippen molar-refractivity contribution in [3.8, 4) is 17.2 Å². The Hall–Kier alpha value is -5.36. The van der Waals surface area contributed by atoms with E-state index in [2.05, 4.69) is 21.4 Å². The van der Waals surface area contributed by atoms with Crippen LogP contribution in [0, 0.1) is 5.92 Å². The Kier molecular flexibility index (Phi) is 11.2. The van der Waals surface area contributed by atoms with Crippen molar-refractivity contribution in [3.63, 3.8) is 0 Å². The van der Waals surface area contributed by atoms with Crippen LogP contribution in [0.15, 0.2) is 70.7 Å². The molecule has 0 aromatic heterocycles. The molecule has 1 aliphatic carbocycles. The number of para-hydroxylation sites is 1. The number of anilines is 2. The molecule has 1 saturated heterocycles. The number of benzene rings is 3. The van der Waals surface area contributed by atoms with Crippen molar-refractivity contribution in [1.29, 1.82) is 0 Å². The van der Waals surface area contributed by atoms with Crippen molar-refractivity contribution < 1.29 is 59.9 Å². The van der Waals surface area contributed by atoms with Gasteiger partial charge in [-0.2, -0.15) is 0 Å². The van der Waals surface area contributed by atoms with Crippen molar-refractivity contribution in [2.45, 2.75) is 99.6 Å². The molecule has 3 aromatic carbocycles. The molecule has 16 heteroatoms. The lowest BCUT2D eigenvalue weighted by molar-refractivity contribution is -0.422. The summed E-state index contributed by atoms with van der Waals surface area (Å²) < 4.78 is 10.9. The van der Waals surface area contributed by atoms with E-state index in [1.807, 2.05) is 25.1 Å². The molecule has 1 amide bonds. The number of rotatable bonds is 11. The lowest BCUT2D eigenvalue weighted by Crippen LogP contribution is -2.67. The number of amides is 1. The van der Waals surface area contributed by atoms with Gasteiger partial charge in [-0.15, -0.1) is 0 Å². The SMILES string of the molecule is CCC1=NCN=C1Cc1cc(/C=C/C(=O)N2c3cc(O[C@]4(O)O[C@H](CO)[C@@H](O)[C@H](O)[C@H]4O)c(O)cc3[C@@H](C[C@]34CCCC[C@H]3CNc3ccccc34)[C@@H]2C(=O)O)ccc1O. The minimum absolute atomic E-state index is 0.0408. The lowest BCUT2D eigenvalue weighted by Gasteiger charge is -2.50. The Morgan fingerprint density at radius 2 is 1.80 bits per heavy atom. The molecule has 0 spiro atoms. The second-order valence-electron chi connectivity index (χ2n) is 16.3. The van der Waals surface area contributed by atoms with E-state index in [4.69, 9.17) is 9.47 Å². The summed E-state index contributed by atoms with van der Waals surface area (Å²) in [6, 6.07) is 13.8. The number of hydrogen-bond acceptors (Lipinski definition) is 14. The Morgan fingerprint density at radius 3 is 2.57 bits per heavy atom. The first-order chi connectivity index (χ1) is 28.8. The number of aliphatic hydroxyl groups is 5. The second-order valence-corrected chi connectivity index (χ2v) is 16.3. The van der Waals surface area contributed by atoms with Gasteiger partial charge in [0.25, 0.3) is 5.91 Å². The normalized spacial score (nSPS) is 30.8. The molecule has 1 saturated carbocycles. The minimum atomic E-state index is -3.10. The number of aliphatic carboxylic acids is 1. The highest BCUT2D eigenvalue weighted by molar-refractivity contribution is 6.43. The Balaban J connectivity index is 1.20. The molecule has 0 radical (unpaired) electrons. The Morgan fingerprint density at radius 1 is 1.02 bits per heavy atom. The first kappa shape index (κ1) is 41.4. The Bertz CT molecular complexity index is 2260. The van der Waals surface area contributed by atoms with Crippen LogP contribution in [0.5, 0.6) is 17.2 Å². The van der Waals surface area contributed by atoms with E-state index < -0.39 is 77.7 Å². The molecule has 4 aliphatic heterocycles. The molecule has 3 aromatic rings. The highest BCUT2D eigenvalue weighted by Crippen LogP contribution is 2.58. The predicted molar refractivity (Wildman–Crippen MR) is 219 cm³/mol. The minimum Gasteiger partial charge on any atom is -0.508 e. The number of aromatic hydroxyl groups is 2. The topological polar surface area (TPSA) is 254 Å². The molecule has 9 N–H and O–H groups in total. The van der Waals surface area contributed by atoms with Gasteiger partial charge < -0.3 is 55.6 Å². The molecule has 0 bridgehead atoms. The van der Waals surface area contributed by atoms with Gasteiger partial charge in [0.2, 0.25) is 0 Å². The van der Waals surface area contributed by atoms with Gasteiger partial charge in [-0.1, -0.05) is 44.0 Å². The summed E-state index contributed by atoms with van der Waals surface area (Å²) in [6.45, 7) is 2.10. The first-order valence-electron chi connectivity index (χ1n) is 20.4. The summed E-state index contributed by atoms with van der Waals surface area (Å²) in [6.07, 6.45) is -0.0517. The third-order valence-electron chi connectivity index (χ3n) is 13.0. The number of aliphatic imine (C=N–C) groups is 2. The van der Waals surface area contributed by atoms with Gasteiger partial charge >= 0.3 is 11.9 Å². The lowest BCUT2D eigenvalue weighted by atomic mass is 9.56. The molecular weight excluding hydrogens is 776 g/mol. The molecule has 5 aliphatic rings. The van der Waals surface area contributed by atoms with Crippen molar-refractivity contribution >= 4 is 40.8 Å². The number of phenols is 2. The van der Waals surface area contributed by atoms with Crippen LogP contribution in [-0.4, -0.2) is 120 Å². The summed E-state index contributed by atoms with van der Waals surface area (Å²) in [7, 11) is 0. The van der Waals surface area contributed by atoms with Gasteiger partial charge in [-0.25, -0.2) is 4.79 Å². The molecule has 8 rings (SSSR count). The summed E-state index contributed by atoms with van der Waals surface area (Å²) in [5.41, 5.74) is 4.66. The van der Waals surface area contributed by atoms with E-state index in [-0.39, 0.29) is 17.4 Å².